The number of rotatable bonds is 4. The quantitative estimate of drug-likeness (QED) is 0.933. The number of aliphatic hydroxyl groups is 1. The van der Waals surface area contributed by atoms with Crippen molar-refractivity contribution in [3.05, 3.63) is 35.0 Å². The van der Waals surface area contributed by atoms with Crippen LogP contribution in [0.15, 0.2) is 12.4 Å². The van der Waals surface area contributed by atoms with Crippen molar-refractivity contribution in [2.75, 3.05) is 24.6 Å². The first-order valence-electron chi connectivity index (χ1n) is 8.62. The van der Waals surface area contributed by atoms with Gasteiger partial charge < -0.3 is 10.0 Å². The van der Waals surface area contributed by atoms with E-state index in [-0.39, 0.29) is 18.4 Å². The van der Waals surface area contributed by atoms with Crippen LogP contribution in [0.5, 0.6) is 0 Å². The lowest BCUT2D eigenvalue weighted by Gasteiger charge is -2.20. The van der Waals surface area contributed by atoms with Gasteiger partial charge in [0.1, 0.15) is 11.6 Å². The molecule has 24 heavy (non-hydrogen) atoms. The van der Waals surface area contributed by atoms with E-state index >= 15 is 0 Å². The number of anilines is 1. The van der Waals surface area contributed by atoms with Crippen LogP contribution in [0.25, 0.3) is 0 Å². The third kappa shape index (κ3) is 3.02. The third-order valence-electron chi connectivity index (χ3n) is 5.03. The van der Waals surface area contributed by atoms with Gasteiger partial charge >= 0.3 is 0 Å². The molecule has 1 aliphatic heterocycles. The van der Waals surface area contributed by atoms with Crippen LogP contribution in [-0.2, 0) is 0 Å². The van der Waals surface area contributed by atoms with Crippen LogP contribution in [0.3, 0.4) is 0 Å². The smallest absolute Gasteiger partial charge is 0.135 e. The minimum Gasteiger partial charge on any atom is -0.396 e. The van der Waals surface area contributed by atoms with E-state index in [1.807, 2.05) is 24.7 Å². The van der Waals surface area contributed by atoms with Gasteiger partial charge in [0.2, 0.25) is 0 Å². The van der Waals surface area contributed by atoms with Crippen molar-refractivity contribution >= 4 is 5.82 Å². The van der Waals surface area contributed by atoms with E-state index in [0.29, 0.717) is 6.04 Å². The summed E-state index contributed by atoms with van der Waals surface area (Å²) in [5, 5.41) is 14.3. The highest BCUT2D eigenvalue weighted by atomic mass is 16.3. The summed E-state index contributed by atoms with van der Waals surface area (Å²) in [6, 6.07) is 0.346. The minimum absolute atomic E-state index is 0.177. The number of hydrogen-bond donors (Lipinski definition) is 1. The zero-order valence-electron chi connectivity index (χ0n) is 15.2. The third-order valence-corrected chi connectivity index (χ3v) is 5.03. The molecule has 1 aliphatic rings. The maximum absolute atomic E-state index is 9.87. The van der Waals surface area contributed by atoms with Gasteiger partial charge in [0.05, 0.1) is 6.20 Å². The first kappa shape index (κ1) is 16.9. The van der Waals surface area contributed by atoms with Gasteiger partial charge in [-0.2, -0.15) is 5.10 Å². The Bertz CT molecular complexity index is 724. The van der Waals surface area contributed by atoms with Crippen LogP contribution in [0, 0.1) is 26.7 Å². The van der Waals surface area contributed by atoms with Crippen molar-refractivity contribution < 1.29 is 5.11 Å². The highest BCUT2D eigenvalue weighted by molar-refractivity contribution is 5.50. The molecular formula is C18H27N5O. The van der Waals surface area contributed by atoms with E-state index in [1.54, 1.807) is 0 Å². The fraction of sp³-hybridized carbons (Fsp3) is 0.611. The molecule has 2 atom stereocenters. The van der Waals surface area contributed by atoms with Crippen LogP contribution in [0.2, 0.25) is 0 Å². The van der Waals surface area contributed by atoms with E-state index in [0.717, 1.165) is 36.0 Å². The molecule has 0 bridgehead atoms. The minimum atomic E-state index is 0.177. The Labute approximate surface area is 143 Å². The molecule has 0 aliphatic carbocycles. The lowest BCUT2D eigenvalue weighted by atomic mass is 9.92. The highest BCUT2D eigenvalue weighted by Gasteiger charge is 2.35. The van der Waals surface area contributed by atoms with Crippen LogP contribution >= 0.6 is 0 Å². The molecule has 6 heteroatoms. The normalized spacial score (nSPS) is 21.0. The molecule has 1 saturated heterocycles. The predicted octanol–water partition coefficient (Wildman–Crippen LogP) is 2.39. The molecular weight excluding hydrogens is 302 g/mol. The Morgan fingerprint density at radius 2 is 1.96 bits per heavy atom. The van der Waals surface area contributed by atoms with Gasteiger partial charge in [-0.15, -0.1) is 0 Å². The number of aryl methyl sites for hydroxylation is 2. The Morgan fingerprint density at radius 1 is 1.21 bits per heavy atom. The summed E-state index contributed by atoms with van der Waals surface area (Å²) in [5.74, 6) is 2.27. The molecule has 1 N–H and O–H groups in total. The topological polar surface area (TPSA) is 67.1 Å². The van der Waals surface area contributed by atoms with Crippen LogP contribution in [0.4, 0.5) is 5.82 Å². The molecule has 0 unspecified atom stereocenters. The molecule has 0 spiro atoms. The van der Waals surface area contributed by atoms with Crippen molar-refractivity contribution in [2.24, 2.45) is 5.92 Å². The maximum atomic E-state index is 9.87. The average molecular weight is 329 g/mol. The van der Waals surface area contributed by atoms with Crippen molar-refractivity contribution in [1.29, 1.82) is 0 Å². The second kappa shape index (κ2) is 6.51. The van der Waals surface area contributed by atoms with Crippen molar-refractivity contribution in [1.82, 2.24) is 19.7 Å². The average Bonchev–Trinajstić information content (AvgIpc) is 3.16. The summed E-state index contributed by atoms with van der Waals surface area (Å²) in [7, 11) is 0. The molecule has 130 valence electrons. The van der Waals surface area contributed by atoms with Crippen molar-refractivity contribution in [2.45, 2.75) is 46.6 Å². The standard InChI is InChI=1S/C18H27N5O/c1-11(2)23-8-15(6-19-23)17-9-22(7-16(17)10-24)18-12(3)13(4)20-14(5)21-18/h6,8,11,16-17,24H,7,9-10H2,1-5H3/t16-,17-/m0/s1. The number of aliphatic hydroxyl groups excluding tert-OH is 1. The number of aromatic nitrogens is 4. The van der Waals surface area contributed by atoms with Gasteiger partial charge in [-0.05, 0) is 40.2 Å². The fourth-order valence-electron chi connectivity index (χ4n) is 3.49. The second-order valence-electron chi connectivity index (χ2n) is 7.11. The Kier molecular flexibility index (Phi) is 4.58. The number of nitrogens with zero attached hydrogens (tertiary/aromatic N) is 5. The molecule has 6 nitrogen and oxygen atoms in total. The van der Waals surface area contributed by atoms with Gasteiger partial charge in [0, 0.05) is 55.0 Å². The van der Waals surface area contributed by atoms with Gasteiger partial charge in [-0.25, -0.2) is 9.97 Å². The SMILES string of the molecule is Cc1nc(C)c(C)c(N2C[C@@H](CO)[C@H](c3cnn(C(C)C)c3)C2)n1. The molecule has 0 saturated carbocycles. The highest BCUT2D eigenvalue weighted by Crippen LogP contribution is 2.36. The maximum Gasteiger partial charge on any atom is 0.135 e. The largest absolute Gasteiger partial charge is 0.396 e. The van der Waals surface area contributed by atoms with Gasteiger partial charge in [0.25, 0.3) is 0 Å². The van der Waals surface area contributed by atoms with Crippen LogP contribution in [0.1, 0.15) is 48.5 Å². The van der Waals surface area contributed by atoms with Gasteiger partial charge in [0.15, 0.2) is 0 Å². The monoisotopic (exact) mass is 329 g/mol. The molecule has 2 aromatic heterocycles. The van der Waals surface area contributed by atoms with E-state index < -0.39 is 0 Å². The first-order valence-corrected chi connectivity index (χ1v) is 8.62. The first-order chi connectivity index (χ1) is 11.4. The second-order valence-corrected chi connectivity index (χ2v) is 7.11. The Hall–Kier alpha value is -1.95. The summed E-state index contributed by atoms with van der Waals surface area (Å²) < 4.78 is 1.98. The van der Waals surface area contributed by atoms with Crippen molar-refractivity contribution in [3.8, 4) is 0 Å². The molecule has 3 heterocycles. The van der Waals surface area contributed by atoms with E-state index in [2.05, 4.69) is 46.9 Å². The lowest BCUT2D eigenvalue weighted by molar-refractivity contribution is 0.227. The van der Waals surface area contributed by atoms with E-state index in [4.69, 9.17) is 0 Å². The molecule has 0 radical (unpaired) electrons. The fourth-order valence-corrected chi connectivity index (χ4v) is 3.49. The van der Waals surface area contributed by atoms with Gasteiger partial charge in [-0.1, -0.05) is 0 Å². The number of hydrogen-bond acceptors (Lipinski definition) is 5. The Balaban J connectivity index is 1.89. The summed E-state index contributed by atoms with van der Waals surface area (Å²) in [4.78, 5) is 11.4. The summed E-state index contributed by atoms with van der Waals surface area (Å²) in [5.41, 5.74) is 3.34. The van der Waals surface area contributed by atoms with Crippen LogP contribution < -0.4 is 4.90 Å². The van der Waals surface area contributed by atoms with Crippen molar-refractivity contribution in [3.63, 3.8) is 0 Å². The molecule has 3 rings (SSSR count). The lowest BCUT2D eigenvalue weighted by Crippen LogP contribution is -2.23. The zero-order valence-corrected chi connectivity index (χ0v) is 15.2. The predicted molar refractivity (Wildman–Crippen MR) is 94.4 cm³/mol. The van der Waals surface area contributed by atoms with E-state index in [1.165, 1.54) is 5.56 Å². The summed E-state index contributed by atoms with van der Waals surface area (Å²) in [6.45, 7) is 12.1. The summed E-state index contributed by atoms with van der Waals surface area (Å²) >= 11 is 0. The van der Waals surface area contributed by atoms with Gasteiger partial charge in [-0.3, -0.25) is 4.68 Å². The summed E-state index contributed by atoms with van der Waals surface area (Å²) in [6.07, 6.45) is 4.06. The Morgan fingerprint density at radius 3 is 2.58 bits per heavy atom. The molecule has 0 amide bonds. The molecule has 2 aromatic rings. The zero-order chi connectivity index (χ0) is 17.4. The van der Waals surface area contributed by atoms with E-state index in [9.17, 15) is 5.11 Å². The molecule has 1 fully saturated rings. The molecule has 0 aromatic carbocycles. The van der Waals surface area contributed by atoms with Crippen LogP contribution in [-0.4, -0.2) is 44.6 Å².